The number of amides is 1. The molecular formula is C23H24N2O4S. The van der Waals surface area contributed by atoms with E-state index in [0.29, 0.717) is 22.7 Å². The molecule has 2 N–H and O–H groups in total. The summed E-state index contributed by atoms with van der Waals surface area (Å²) < 4.78 is 33.6. The molecule has 1 amide bonds. The molecule has 3 rings (SSSR count). The van der Waals surface area contributed by atoms with Gasteiger partial charge in [0.2, 0.25) is 0 Å². The summed E-state index contributed by atoms with van der Waals surface area (Å²) in [5.41, 5.74) is 3.90. The Kier molecular flexibility index (Phi) is 6.42. The van der Waals surface area contributed by atoms with Gasteiger partial charge in [0, 0.05) is 11.4 Å². The number of nitrogens with one attached hydrogen (secondary N) is 2. The number of anilines is 2. The average Bonchev–Trinajstić information content (AvgIpc) is 2.70. The van der Waals surface area contributed by atoms with Crippen molar-refractivity contribution in [1.29, 1.82) is 0 Å². The largest absolute Gasteiger partial charge is 0.483 e. The summed E-state index contributed by atoms with van der Waals surface area (Å²) in [7, 11) is -3.74. The van der Waals surface area contributed by atoms with Gasteiger partial charge >= 0.3 is 0 Å². The molecule has 0 unspecified atom stereocenters. The van der Waals surface area contributed by atoms with Crippen molar-refractivity contribution in [3.63, 3.8) is 0 Å². The van der Waals surface area contributed by atoms with Crippen LogP contribution in [0.2, 0.25) is 0 Å². The van der Waals surface area contributed by atoms with E-state index in [1.807, 2.05) is 38.1 Å². The van der Waals surface area contributed by atoms with Gasteiger partial charge in [-0.2, -0.15) is 0 Å². The second kappa shape index (κ2) is 9.00. The van der Waals surface area contributed by atoms with Gasteiger partial charge in [0.15, 0.2) is 6.61 Å². The van der Waals surface area contributed by atoms with Gasteiger partial charge in [0.25, 0.3) is 15.9 Å². The topological polar surface area (TPSA) is 84.5 Å². The highest BCUT2D eigenvalue weighted by Gasteiger charge is 2.16. The zero-order valence-electron chi connectivity index (χ0n) is 17.1. The number of ether oxygens (including phenoxy) is 1. The molecule has 0 bridgehead atoms. The second-order valence-corrected chi connectivity index (χ2v) is 8.72. The first-order chi connectivity index (χ1) is 14.2. The van der Waals surface area contributed by atoms with Crippen LogP contribution in [-0.2, 0) is 14.8 Å². The molecule has 0 aromatic heterocycles. The monoisotopic (exact) mass is 424 g/mol. The molecule has 0 saturated heterocycles. The van der Waals surface area contributed by atoms with Crippen molar-refractivity contribution in [2.45, 2.75) is 25.7 Å². The maximum Gasteiger partial charge on any atom is 0.262 e. The molecule has 0 fully saturated rings. The van der Waals surface area contributed by atoms with E-state index in [1.165, 1.54) is 12.1 Å². The Morgan fingerprint density at radius 3 is 2.23 bits per heavy atom. The van der Waals surface area contributed by atoms with E-state index in [0.717, 1.165) is 11.1 Å². The fraction of sp³-hybridized carbons (Fsp3) is 0.174. The molecule has 0 atom stereocenters. The lowest BCUT2D eigenvalue weighted by molar-refractivity contribution is -0.118. The molecule has 6 nitrogen and oxygen atoms in total. The minimum atomic E-state index is -3.74. The molecule has 0 aliphatic heterocycles. The standard InChI is InChI=1S/C23H24N2O4S/c1-16-9-10-20(13-17(16)2)25-30(27,28)21-11-12-22(18(3)14-21)29-15-23(26)24-19-7-5-4-6-8-19/h4-14,25H,15H2,1-3H3,(H,24,26). The van der Waals surface area contributed by atoms with Crippen molar-refractivity contribution in [1.82, 2.24) is 0 Å². The fourth-order valence-electron chi connectivity index (χ4n) is 2.83. The van der Waals surface area contributed by atoms with Gasteiger partial charge in [-0.05, 0) is 79.9 Å². The van der Waals surface area contributed by atoms with Gasteiger partial charge in [0.05, 0.1) is 4.90 Å². The minimum Gasteiger partial charge on any atom is -0.483 e. The first kappa shape index (κ1) is 21.4. The van der Waals surface area contributed by atoms with Gasteiger partial charge in [-0.1, -0.05) is 24.3 Å². The Morgan fingerprint density at radius 1 is 0.833 bits per heavy atom. The van der Waals surface area contributed by atoms with Crippen molar-refractivity contribution in [2.75, 3.05) is 16.6 Å². The van der Waals surface area contributed by atoms with Gasteiger partial charge < -0.3 is 10.1 Å². The Morgan fingerprint density at radius 2 is 1.57 bits per heavy atom. The number of sulfonamides is 1. The Hall–Kier alpha value is -3.32. The third kappa shape index (κ3) is 5.39. The number of hydrogen-bond acceptors (Lipinski definition) is 4. The molecule has 0 radical (unpaired) electrons. The number of rotatable bonds is 7. The van der Waals surface area contributed by atoms with Gasteiger partial charge in [-0.3, -0.25) is 9.52 Å². The normalized spacial score (nSPS) is 11.0. The molecule has 7 heteroatoms. The van der Waals surface area contributed by atoms with Crippen LogP contribution in [-0.4, -0.2) is 20.9 Å². The van der Waals surface area contributed by atoms with Crippen LogP contribution >= 0.6 is 0 Å². The van der Waals surface area contributed by atoms with Crippen molar-refractivity contribution >= 4 is 27.3 Å². The molecule has 0 aliphatic rings. The third-order valence-electron chi connectivity index (χ3n) is 4.63. The summed E-state index contributed by atoms with van der Waals surface area (Å²) in [5.74, 6) is 0.150. The molecule has 3 aromatic carbocycles. The van der Waals surface area contributed by atoms with Crippen molar-refractivity contribution in [2.24, 2.45) is 0 Å². The number of carbonyl (C=O) groups is 1. The van der Waals surface area contributed by atoms with Crippen LogP contribution in [0.5, 0.6) is 5.75 Å². The van der Waals surface area contributed by atoms with Crippen LogP contribution < -0.4 is 14.8 Å². The Balaban J connectivity index is 1.66. The first-order valence-electron chi connectivity index (χ1n) is 9.43. The average molecular weight is 425 g/mol. The molecule has 30 heavy (non-hydrogen) atoms. The molecule has 3 aromatic rings. The maximum atomic E-state index is 12.7. The molecular weight excluding hydrogens is 400 g/mol. The smallest absolute Gasteiger partial charge is 0.262 e. The van der Waals surface area contributed by atoms with Gasteiger partial charge in [-0.25, -0.2) is 8.42 Å². The van der Waals surface area contributed by atoms with Gasteiger partial charge in [0.1, 0.15) is 5.75 Å². The highest BCUT2D eigenvalue weighted by molar-refractivity contribution is 7.92. The number of benzene rings is 3. The van der Waals surface area contributed by atoms with Crippen LogP contribution in [0.25, 0.3) is 0 Å². The minimum absolute atomic E-state index is 0.124. The highest BCUT2D eigenvalue weighted by Crippen LogP contribution is 2.24. The predicted molar refractivity (Wildman–Crippen MR) is 118 cm³/mol. The molecule has 156 valence electrons. The van der Waals surface area contributed by atoms with E-state index in [-0.39, 0.29) is 17.4 Å². The van der Waals surface area contributed by atoms with Crippen molar-refractivity contribution < 1.29 is 17.9 Å². The van der Waals surface area contributed by atoms with Gasteiger partial charge in [-0.15, -0.1) is 0 Å². The second-order valence-electron chi connectivity index (χ2n) is 7.03. The predicted octanol–water partition coefficient (Wildman–Crippen LogP) is 4.43. The third-order valence-corrected chi connectivity index (χ3v) is 6.01. The summed E-state index contributed by atoms with van der Waals surface area (Å²) in [6, 6.07) is 19.0. The molecule has 0 saturated carbocycles. The van der Waals surface area contributed by atoms with E-state index in [4.69, 9.17) is 4.74 Å². The summed E-state index contributed by atoms with van der Waals surface area (Å²) in [6.45, 7) is 5.45. The van der Waals surface area contributed by atoms with E-state index in [9.17, 15) is 13.2 Å². The zero-order chi connectivity index (χ0) is 21.7. The van der Waals surface area contributed by atoms with Crippen LogP contribution in [0.15, 0.2) is 71.6 Å². The summed E-state index contributed by atoms with van der Waals surface area (Å²) >= 11 is 0. The van der Waals surface area contributed by atoms with Crippen LogP contribution in [0.3, 0.4) is 0 Å². The number of carbonyl (C=O) groups excluding carboxylic acids is 1. The summed E-state index contributed by atoms with van der Waals surface area (Å²) in [5, 5.41) is 2.73. The molecule has 0 heterocycles. The SMILES string of the molecule is Cc1ccc(NS(=O)(=O)c2ccc(OCC(=O)Nc3ccccc3)c(C)c2)cc1C. The number of para-hydroxylation sites is 1. The first-order valence-corrected chi connectivity index (χ1v) is 10.9. The summed E-state index contributed by atoms with van der Waals surface area (Å²) in [4.78, 5) is 12.2. The Labute approximate surface area is 177 Å². The molecule has 0 spiro atoms. The lowest BCUT2D eigenvalue weighted by Gasteiger charge is -2.13. The number of aryl methyl sites for hydroxylation is 3. The fourth-order valence-corrected chi connectivity index (χ4v) is 3.97. The zero-order valence-corrected chi connectivity index (χ0v) is 17.9. The number of hydrogen-bond donors (Lipinski definition) is 2. The van der Waals surface area contributed by atoms with Crippen molar-refractivity contribution in [3.8, 4) is 5.75 Å². The maximum absolute atomic E-state index is 12.7. The van der Waals surface area contributed by atoms with Crippen LogP contribution in [0, 0.1) is 20.8 Å². The van der Waals surface area contributed by atoms with Crippen molar-refractivity contribution in [3.05, 3.63) is 83.4 Å². The van der Waals surface area contributed by atoms with E-state index >= 15 is 0 Å². The molecule has 0 aliphatic carbocycles. The Bertz CT molecular complexity index is 1160. The van der Waals surface area contributed by atoms with E-state index in [2.05, 4.69) is 10.0 Å². The van der Waals surface area contributed by atoms with Crippen LogP contribution in [0.1, 0.15) is 16.7 Å². The quantitative estimate of drug-likeness (QED) is 0.588. The highest BCUT2D eigenvalue weighted by atomic mass is 32.2. The van der Waals surface area contributed by atoms with Crippen LogP contribution in [0.4, 0.5) is 11.4 Å². The lowest BCUT2D eigenvalue weighted by Crippen LogP contribution is -2.20. The van der Waals surface area contributed by atoms with E-state index in [1.54, 1.807) is 37.3 Å². The van der Waals surface area contributed by atoms with E-state index < -0.39 is 10.0 Å². The lowest BCUT2D eigenvalue weighted by atomic mass is 10.1. The summed E-state index contributed by atoms with van der Waals surface area (Å²) in [6.07, 6.45) is 0.